The fourth-order valence-corrected chi connectivity index (χ4v) is 3.97. The zero-order chi connectivity index (χ0) is 22.2. The average Bonchev–Trinajstić information content (AvgIpc) is 3.22. The quantitative estimate of drug-likeness (QED) is 0.378. The van der Waals surface area contributed by atoms with Crippen molar-refractivity contribution in [3.8, 4) is 11.4 Å². The van der Waals surface area contributed by atoms with Gasteiger partial charge in [0.1, 0.15) is 11.6 Å². The van der Waals surface area contributed by atoms with Crippen LogP contribution in [0.3, 0.4) is 0 Å². The van der Waals surface area contributed by atoms with E-state index in [1.54, 1.807) is 26.0 Å². The highest BCUT2D eigenvalue weighted by molar-refractivity contribution is 7.98. The maximum Gasteiger partial charge on any atom is 0.251 e. The Morgan fingerprint density at radius 3 is 2.52 bits per heavy atom. The van der Waals surface area contributed by atoms with Gasteiger partial charge in [-0.05, 0) is 29.8 Å². The number of hydrogen-bond donors (Lipinski definition) is 1. The Bertz CT molecular complexity index is 1000. The van der Waals surface area contributed by atoms with Crippen LogP contribution in [0.5, 0.6) is 5.75 Å². The van der Waals surface area contributed by atoms with Crippen LogP contribution in [-0.2, 0) is 10.5 Å². The first kappa shape index (κ1) is 22.8. The number of ether oxygens (including phenoxy) is 2. The summed E-state index contributed by atoms with van der Waals surface area (Å²) < 4.78 is 12.6. The number of benzene rings is 2. The number of thioether (sulfide) groups is 1. The third-order valence-electron chi connectivity index (χ3n) is 4.68. The number of amides is 1. The van der Waals surface area contributed by atoms with Crippen LogP contribution in [0.1, 0.15) is 41.5 Å². The Kier molecular flexibility index (Phi) is 8.08. The Balaban J connectivity index is 1.76. The second kappa shape index (κ2) is 11.0. The summed E-state index contributed by atoms with van der Waals surface area (Å²) in [6.07, 6.45) is 0. The van der Waals surface area contributed by atoms with Crippen LogP contribution < -0.4 is 10.1 Å². The van der Waals surface area contributed by atoms with E-state index >= 15 is 0 Å². The van der Waals surface area contributed by atoms with Crippen molar-refractivity contribution in [3.05, 3.63) is 65.5 Å². The predicted molar refractivity (Wildman–Crippen MR) is 122 cm³/mol. The number of rotatable bonds is 10. The van der Waals surface area contributed by atoms with Crippen LogP contribution in [-0.4, -0.2) is 48.0 Å². The molecule has 1 N–H and O–H groups in total. The molecule has 0 unspecified atom stereocenters. The molecule has 0 aliphatic heterocycles. The molecule has 3 aromatic rings. The smallest absolute Gasteiger partial charge is 0.251 e. The van der Waals surface area contributed by atoms with E-state index in [4.69, 9.17) is 9.47 Å². The molecule has 0 atom stereocenters. The van der Waals surface area contributed by atoms with Crippen molar-refractivity contribution in [1.29, 1.82) is 0 Å². The molecule has 2 aromatic carbocycles. The fourth-order valence-electron chi connectivity index (χ4n) is 3.06. The van der Waals surface area contributed by atoms with Gasteiger partial charge in [-0.25, -0.2) is 0 Å². The predicted octanol–water partition coefficient (Wildman–Crippen LogP) is 4.07. The summed E-state index contributed by atoms with van der Waals surface area (Å²) in [4.78, 5) is 12.1. The molecule has 7 nitrogen and oxygen atoms in total. The second-order valence-corrected chi connectivity index (χ2v) is 8.18. The van der Waals surface area contributed by atoms with Gasteiger partial charge < -0.3 is 14.8 Å². The molecule has 164 valence electrons. The summed E-state index contributed by atoms with van der Waals surface area (Å²) in [6.45, 7) is 5.18. The van der Waals surface area contributed by atoms with Crippen molar-refractivity contribution in [2.75, 3.05) is 27.4 Å². The fraction of sp³-hybridized carbons (Fsp3) is 0.348. The number of nitrogens with zero attached hydrogens (tertiary/aromatic N) is 3. The van der Waals surface area contributed by atoms with E-state index in [1.165, 1.54) is 0 Å². The first-order valence-corrected chi connectivity index (χ1v) is 11.1. The molecular weight excluding hydrogens is 412 g/mol. The summed E-state index contributed by atoms with van der Waals surface area (Å²) in [7, 11) is 3.27. The number of nitrogens with one attached hydrogen (secondary N) is 1. The maximum absolute atomic E-state index is 12.1. The molecule has 0 bridgehead atoms. The summed E-state index contributed by atoms with van der Waals surface area (Å²) in [5.41, 5.74) is 2.65. The van der Waals surface area contributed by atoms with Crippen molar-refractivity contribution in [1.82, 2.24) is 20.1 Å². The second-order valence-electron chi connectivity index (χ2n) is 7.24. The van der Waals surface area contributed by atoms with E-state index in [9.17, 15) is 4.79 Å². The third kappa shape index (κ3) is 5.65. The van der Waals surface area contributed by atoms with Crippen molar-refractivity contribution < 1.29 is 14.3 Å². The number of methoxy groups -OCH3 is 2. The summed E-state index contributed by atoms with van der Waals surface area (Å²) in [5, 5.41) is 12.5. The molecule has 31 heavy (non-hydrogen) atoms. The number of carbonyl (C=O) groups excluding carboxylic acids is 1. The van der Waals surface area contributed by atoms with Gasteiger partial charge in [-0.2, -0.15) is 0 Å². The van der Waals surface area contributed by atoms with Crippen molar-refractivity contribution in [3.63, 3.8) is 0 Å². The standard InChI is InChI=1S/C23H28N4O3S/c1-16(2)21-25-26-23(27(21)19-7-5-6-8-20(19)30-4)31-15-17-9-11-18(12-10-17)22(28)24-13-14-29-3/h5-12,16H,13-15H2,1-4H3,(H,24,28). The molecule has 0 aliphatic rings. The lowest BCUT2D eigenvalue weighted by atomic mass is 10.1. The summed E-state index contributed by atoms with van der Waals surface area (Å²) in [6, 6.07) is 15.5. The lowest BCUT2D eigenvalue weighted by molar-refractivity contribution is 0.0937. The molecule has 0 aliphatic carbocycles. The first-order chi connectivity index (χ1) is 15.0. The largest absolute Gasteiger partial charge is 0.495 e. The monoisotopic (exact) mass is 440 g/mol. The van der Waals surface area contributed by atoms with E-state index in [0.29, 0.717) is 24.5 Å². The lowest BCUT2D eigenvalue weighted by Gasteiger charge is -2.15. The van der Waals surface area contributed by atoms with Gasteiger partial charge in [0.25, 0.3) is 5.91 Å². The Hall–Kier alpha value is -2.84. The minimum absolute atomic E-state index is 0.103. The van der Waals surface area contributed by atoms with Crippen LogP contribution in [0.2, 0.25) is 0 Å². The number of carbonyl (C=O) groups is 1. The first-order valence-electron chi connectivity index (χ1n) is 10.1. The van der Waals surface area contributed by atoms with Gasteiger partial charge in [0.05, 0.1) is 19.4 Å². The van der Waals surface area contributed by atoms with E-state index in [1.807, 2.05) is 48.5 Å². The van der Waals surface area contributed by atoms with Gasteiger partial charge in [0, 0.05) is 30.9 Å². The van der Waals surface area contributed by atoms with Crippen LogP contribution in [0.15, 0.2) is 53.7 Å². The Morgan fingerprint density at radius 1 is 1.10 bits per heavy atom. The molecule has 0 spiro atoms. The molecule has 8 heteroatoms. The van der Waals surface area contributed by atoms with Crippen LogP contribution >= 0.6 is 11.8 Å². The van der Waals surface area contributed by atoms with Gasteiger partial charge >= 0.3 is 0 Å². The van der Waals surface area contributed by atoms with E-state index in [0.717, 1.165) is 28.0 Å². The zero-order valence-corrected chi connectivity index (χ0v) is 19.1. The van der Waals surface area contributed by atoms with Gasteiger partial charge in [-0.15, -0.1) is 10.2 Å². The average molecular weight is 441 g/mol. The van der Waals surface area contributed by atoms with Crippen LogP contribution in [0, 0.1) is 0 Å². The lowest BCUT2D eigenvalue weighted by Crippen LogP contribution is -2.26. The molecule has 1 aromatic heterocycles. The normalized spacial score (nSPS) is 11.0. The van der Waals surface area contributed by atoms with Gasteiger partial charge in [0.15, 0.2) is 5.16 Å². The van der Waals surface area contributed by atoms with Gasteiger partial charge in [-0.3, -0.25) is 9.36 Å². The van der Waals surface area contributed by atoms with Crippen LogP contribution in [0.4, 0.5) is 0 Å². The Morgan fingerprint density at radius 2 is 1.84 bits per heavy atom. The summed E-state index contributed by atoms with van der Waals surface area (Å²) in [5.74, 6) is 2.47. The molecular formula is C23H28N4O3S. The highest BCUT2D eigenvalue weighted by Gasteiger charge is 2.19. The molecule has 0 saturated heterocycles. The Labute approximate surface area is 187 Å². The highest BCUT2D eigenvalue weighted by Crippen LogP contribution is 2.32. The maximum atomic E-state index is 12.1. The van der Waals surface area contributed by atoms with E-state index < -0.39 is 0 Å². The molecule has 3 rings (SSSR count). The SMILES string of the molecule is COCCNC(=O)c1ccc(CSc2nnc(C(C)C)n2-c2ccccc2OC)cc1. The van der Waals surface area contributed by atoms with Crippen molar-refractivity contribution >= 4 is 17.7 Å². The van der Waals surface area contributed by atoms with E-state index in [2.05, 4.69) is 33.9 Å². The topological polar surface area (TPSA) is 78.3 Å². The van der Waals surface area contributed by atoms with Gasteiger partial charge in [-0.1, -0.05) is 49.9 Å². The minimum Gasteiger partial charge on any atom is -0.495 e. The molecule has 0 fully saturated rings. The zero-order valence-electron chi connectivity index (χ0n) is 18.3. The van der Waals surface area contributed by atoms with Gasteiger partial charge in [0.2, 0.25) is 0 Å². The molecule has 1 heterocycles. The summed E-state index contributed by atoms with van der Waals surface area (Å²) >= 11 is 1.60. The number of aromatic nitrogens is 3. The van der Waals surface area contributed by atoms with Crippen LogP contribution in [0.25, 0.3) is 5.69 Å². The number of para-hydroxylation sites is 2. The highest BCUT2D eigenvalue weighted by atomic mass is 32.2. The van der Waals surface area contributed by atoms with Crippen molar-refractivity contribution in [2.45, 2.75) is 30.7 Å². The van der Waals surface area contributed by atoms with Crippen molar-refractivity contribution in [2.24, 2.45) is 0 Å². The molecule has 0 radical (unpaired) electrons. The minimum atomic E-state index is -0.103. The van der Waals surface area contributed by atoms with E-state index in [-0.39, 0.29) is 11.8 Å². The molecule has 0 saturated carbocycles. The molecule has 1 amide bonds. The third-order valence-corrected chi connectivity index (χ3v) is 5.68. The number of hydrogen-bond acceptors (Lipinski definition) is 6.